The van der Waals surface area contributed by atoms with Gasteiger partial charge in [0.15, 0.2) is 0 Å². The summed E-state index contributed by atoms with van der Waals surface area (Å²) in [4.78, 5) is 12.6. The molecule has 0 saturated heterocycles. The van der Waals surface area contributed by atoms with E-state index in [0.29, 0.717) is 24.6 Å². The number of nitrogens with one attached hydrogen (secondary N) is 1. The Balaban J connectivity index is 1.95. The monoisotopic (exact) mass is 280 g/mol. The van der Waals surface area contributed by atoms with Crippen LogP contribution < -0.4 is 14.8 Å². The van der Waals surface area contributed by atoms with Crippen molar-refractivity contribution in [2.75, 3.05) is 18.5 Å². The molecular weight excluding hydrogens is 256 g/mol. The maximum Gasteiger partial charge on any atom is 0.324 e. The zero-order chi connectivity index (χ0) is 14.4. The molecule has 0 unspecified atom stereocenters. The minimum atomic E-state index is 0.0229. The van der Waals surface area contributed by atoms with Gasteiger partial charge in [-0.3, -0.25) is 0 Å². The molecule has 1 heterocycles. The highest BCUT2D eigenvalue weighted by molar-refractivity contribution is 5.27. The third-order valence-corrected chi connectivity index (χ3v) is 3.25. The van der Waals surface area contributed by atoms with Crippen LogP contribution in [0.3, 0.4) is 0 Å². The van der Waals surface area contributed by atoms with Gasteiger partial charge in [-0.05, 0) is 33.1 Å². The first kappa shape index (κ1) is 14.8. The fraction of sp³-hybridized carbons (Fsp3) is 0.786. The van der Waals surface area contributed by atoms with Gasteiger partial charge in [0.2, 0.25) is 5.95 Å². The van der Waals surface area contributed by atoms with Gasteiger partial charge in [0.1, 0.15) is 0 Å². The molecule has 0 amide bonds. The molecule has 0 radical (unpaired) electrons. The van der Waals surface area contributed by atoms with E-state index < -0.39 is 0 Å². The molecular formula is C14H24N4O2. The molecule has 2 rings (SSSR count). The Kier molecular flexibility index (Phi) is 5.38. The molecule has 20 heavy (non-hydrogen) atoms. The average molecular weight is 280 g/mol. The van der Waals surface area contributed by atoms with Gasteiger partial charge in [0, 0.05) is 6.54 Å². The quantitative estimate of drug-likeness (QED) is 0.789. The smallest absolute Gasteiger partial charge is 0.324 e. The van der Waals surface area contributed by atoms with Crippen LogP contribution in [-0.2, 0) is 0 Å². The second-order valence-electron chi connectivity index (χ2n) is 5.36. The van der Waals surface area contributed by atoms with Crippen molar-refractivity contribution in [1.82, 2.24) is 15.0 Å². The van der Waals surface area contributed by atoms with Gasteiger partial charge < -0.3 is 14.8 Å². The molecule has 0 bridgehead atoms. The molecule has 6 heteroatoms. The Morgan fingerprint density at radius 3 is 2.55 bits per heavy atom. The number of hydrogen-bond donors (Lipinski definition) is 1. The molecule has 1 aromatic heterocycles. The lowest BCUT2D eigenvalue weighted by atomic mass is 9.83. The van der Waals surface area contributed by atoms with Crippen LogP contribution >= 0.6 is 0 Å². The van der Waals surface area contributed by atoms with Crippen LogP contribution in [0.15, 0.2) is 0 Å². The number of hydrogen-bond acceptors (Lipinski definition) is 6. The van der Waals surface area contributed by atoms with E-state index in [1.54, 1.807) is 0 Å². The number of anilines is 1. The van der Waals surface area contributed by atoms with Crippen molar-refractivity contribution >= 4 is 5.95 Å². The molecule has 1 aromatic rings. The lowest BCUT2D eigenvalue weighted by molar-refractivity contribution is 0.197. The van der Waals surface area contributed by atoms with E-state index in [1.165, 1.54) is 19.3 Å². The van der Waals surface area contributed by atoms with Gasteiger partial charge >= 0.3 is 12.0 Å². The predicted octanol–water partition coefficient (Wildman–Crippen LogP) is 2.66. The van der Waals surface area contributed by atoms with E-state index in [0.717, 1.165) is 18.9 Å². The SMILES string of the molecule is CCNc1nc(OCCC2CCC2)nc(OC(C)C)n1. The first-order chi connectivity index (χ1) is 9.67. The van der Waals surface area contributed by atoms with Crippen LogP contribution in [0.5, 0.6) is 12.0 Å². The number of aromatic nitrogens is 3. The fourth-order valence-electron chi connectivity index (χ4n) is 2.00. The summed E-state index contributed by atoms with van der Waals surface area (Å²) < 4.78 is 11.2. The summed E-state index contributed by atoms with van der Waals surface area (Å²) in [6, 6.07) is 0.649. The van der Waals surface area contributed by atoms with Crippen LogP contribution in [-0.4, -0.2) is 34.2 Å². The van der Waals surface area contributed by atoms with Crippen molar-refractivity contribution in [1.29, 1.82) is 0 Å². The number of rotatable bonds is 8. The van der Waals surface area contributed by atoms with Crippen LogP contribution in [0.2, 0.25) is 0 Å². The fourth-order valence-corrected chi connectivity index (χ4v) is 2.00. The largest absolute Gasteiger partial charge is 0.463 e. The van der Waals surface area contributed by atoms with Crippen LogP contribution in [0, 0.1) is 5.92 Å². The van der Waals surface area contributed by atoms with Gasteiger partial charge in [-0.2, -0.15) is 9.97 Å². The standard InChI is InChI=1S/C14H24N4O2/c1-4-15-12-16-13(18-14(17-12)20-10(2)3)19-9-8-11-6-5-7-11/h10-11H,4-9H2,1-3H3,(H,15,16,17,18). The summed E-state index contributed by atoms with van der Waals surface area (Å²) in [5.74, 6) is 1.31. The summed E-state index contributed by atoms with van der Waals surface area (Å²) in [5, 5.41) is 3.06. The molecule has 1 N–H and O–H groups in total. The molecule has 0 aliphatic heterocycles. The van der Waals surface area contributed by atoms with E-state index in [9.17, 15) is 0 Å². The number of ether oxygens (including phenoxy) is 2. The Morgan fingerprint density at radius 2 is 1.95 bits per heavy atom. The summed E-state index contributed by atoms with van der Waals surface area (Å²) in [6.45, 7) is 7.26. The maximum absolute atomic E-state index is 5.64. The summed E-state index contributed by atoms with van der Waals surface area (Å²) in [6.07, 6.45) is 5.10. The zero-order valence-electron chi connectivity index (χ0n) is 12.6. The molecule has 0 atom stereocenters. The second kappa shape index (κ2) is 7.26. The first-order valence-electron chi connectivity index (χ1n) is 7.46. The molecule has 112 valence electrons. The Labute approximate surface area is 120 Å². The van der Waals surface area contributed by atoms with E-state index >= 15 is 0 Å². The van der Waals surface area contributed by atoms with Crippen molar-refractivity contribution in [2.45, 2.75) is 52.6 Å². The topological polar surface area (TPSA) is 69.2 Å². The summed E-state index contributed by atoms with van der Waals surface area (Å²) in [5.41, 5.74) is 0. The highest BCUT2D eigenvalue weighted by Gasteiger charge is 2.17. The minimum absolute atomic E-state index is 0.0229. The average Bonchev–Trinajstić information content (AvgIpc) is 2.31. The lowest BCUT2D eigenvalue weighted by Crippen LogP contribution is -2.16. The van der Waals surface area contributed by atoms with Crippen molar-refractivity contribution in [3.63, 3.8) is 0 Å². The van der Waals surface area contributed by atoms with Crippen molar-refractivity contribution in [3.05, 3.63) is 0 Å². The van der Waals surface area contributed by atoms with E-state index in [1.807, 2.05) is 20.8 Å². The Hall–Kier alpha value is -1.59. The minimum Gasteiger partial charge on any atom is -0.463 e. The predicted molar refractivity (Wildman–Crippen MR) is 77.2 cm³/mol. The molecule has 0 aromatic carbocycles. The molecule has 1 aliphatic carbocycles. The van der Waals surface area contributed by atoms with Crippen LogP contribution in [0.25, 0.3) is 0 Å². The second-order valence-corrected chi connectivity index (χ2v) is 5.36. The van der Waals surface area contributed by atoms with Gasteiger partial charge in [-0.15, -0.1) is 4.98 Å². The summed E-state index contributed by atoms with van der Waals surface area (Å²) in [7, 11) is 0. The molecule has 1 fully saturated rings. The highest BCUT2D eigenvalue weighted by Crippen LogP contribution is 2.29. The van der Waals surface area contributed by atoms with E-state index in [2.05, 4.69) is 20.3 Å². The first-order valence-corrected chi connectivity index (χ1v) is 7.46. The highest BCUT2D eigenvalue weighted by atomic mass is 16.5. The Morgan fingerprint density at radius 1 is 1.20 bits per heavy atom. The van der Waals surface area contributed by atoms with Gasteiger partial charge in [0.25, 0.3) is 0 Å². The van der Waals surface area contributed by atoms with Crippen molar-refractivity contribution in [2.24, 2.45) is 5.92 Å². The van der Waals surface area contributed by atoms with E-state index in [-0.39, 0.29) is 6.10 Å². The molecule has 1 saturated carbocycles. The number of nitrogens with zero attached hydrogens (tertiary/aromatic N) is 3. The van der Waals surface area contributed by atoms with Crippen molar-refractivity contribution in [3.8, 4) is 12.0 Å². The van der Waals surface area contributed by atoms with Gasteiger partial charge in [-0.1, -0.05) is 19.3 Å². The third kappa shape index (κ3) is 4.51. The van der Waals surface area contributed by atoms with Crippen molar-refractivity contribution < 1.29 is 9.47 Å². The van der Waals surface area contributed by atoms with E-state index in [4.69, 9.17) is 9.47 Å². The molecule has 0 spiro atoms. The van der Waals surface area contributed by atoms with Gasteiger partial charge in [-0.25, -0.2) is 0 Å². The van der Waals surface area contributed by atoms with Crippen LogP contribution in [0.1, 0.15) is 46.5 Å². The van der Waals surface area contributed by atoms with Crippen LogP contribution in [0.4, 0.5) is 5.95 Å². The Bertz CT molecular complexity index is 422. The lowest BCUT2D eigenvalue weighted by Gasteiger charge is -2.24. The zero-order valence-corrected chi connectivity index (χ0v) is 12.6. The molecule has 6 nitrogen and oxygen atoms in total. The van der Waals surface area contributed by atoms with Gasteiger partial charge in [0.05, 0.1) is 12.7 Å². The maximum atomic E-state index is 5.64. The molecule has 1 aliphatic rings. The normalized spacial score (nSPS) is 15.0. The third-order valence-electron chi connectivity index (χ3n) is 3.25. The summed E-state index contributed by atoms with van der Waals surface area (Å²) >= 11 is 0.